The molecule has 1 fully saturated rings. The number of carbonyl (C=O) groups is 3. The van der Waals surface area contributed by atoms with Gasteiger partial charge in [-0.15, -0.1) is 0 Å². The maximum absolute atomic E-state index is 12.8. The summed E-state index contributed by atoms with van der Waals surface area (Å²) < 4.78 is 4.72. The Labute approximate surface area is 139 Å². The second-order valence-electron chi connectivity index (χ2n) is 6.19. The van der Waals surface area contributed by atoms with E-state index in [2.05, 4.69) is 0 Å². The molecule has 0 bridgehead atoms. The highest BCUT2D eigenvalue weighted by atomic mass is 16.5. The average Bonchev–Trinajstić information content (AvgIpc) is 3.14. The van der Waals surface area contributed by atoms with Crippen molar-refractivity contribution in [3.05, 3.63) is 35.4 Å². The number of carbonyl (C=O) groups excluding carboxylic acids is 3. The number of rotatable bonds is 3. The SMILES string of the molecule is COC(=O)[C@@H]1C[C@@H](O)CN1C(=O)C(C)N1Cc2ccccc2C1=O. The fourth-order valence-electron chi connectivity index (χ4n) is 3.38. The smallest absolute Gasteiger partial charge is 0.328 e. The number of ether oxygens (including phenoxy) is 1. The molecule has 2 amide bonds. The Morgan fingerprint density at radius 2 is 2.04 bits per heavy atom. The largest absolute Gasteiger partial charge is 0.467 e. The molecule has 1 N–H and O–H groups in total. The molecule has 3 atom stereocenters. The monoisotopic (exact) mass is 332 g/mol. The van der Waals surface area contributed by atoms with Gasteiger partial charge in [-0.2, -0.15) is 0 Å². The first-order valence-corrected chi connectivity index (χ1v) is 7.89. The summed E-state index contributed by atoms with van der Waals surface area (Å²) >= 11 is 0. The van der Waals surface area contributed by atoms with E-state index in [0.29, 0.717) is 12.1 Å². The highest BCUT2D eigenvalue weighted by Crippen LogP contribution is 2.27. The minimum absolute atomic E-state index is 0.0674. The lowest BCUT2D eigenvalue weighted by molar-refractivity contribution is -0.152. The minimum Gasteiger partial charge on any atom is -0.467 e. The molecule has 1 aromatic rings. The van der Waals surface area contributed by atoms with Crippen LogP contribution >= 0.6 is 0 Å². The molecule has 7 heteroatoms. The van der Waals surface area contributed by atoms with Crippen molar-refractivity contribution in [3.8, 4) is 0 Å². The van der Waals surface area contributed by atoms with E-state index in [-0.39, 0.29) is 24.8 Å². The predicted octanol–water partition coefficient (Wildman–Crippen LogP) is 0.166. The zero-order chi connectivity index (χ0) is 17.4. The summed E-state index contributed by atoms with van der Waals surface area (Å²) in [5, 5.41) is 9.82. The van der Waals surface area contributed by atoms with Crippen LogP contribution in [0.1, 0.15) is 29.3 Å². The van der Waals surface area contributed by atoms with Crippen LogP contribution in [0.4, 0.5) is 0 Å². The lowest BCUT2D eigenvalue weighted by atomic mass is 10.1. The van der Waals surface area contributed by atoms with Gasteiger partial charge in [-0.1, -0.05) is 18.2 Å². The molecule has 2 aliphatic rings. The number of aliphatic hydroxyl groups excluding tert-OH is 1. The van der Waals surface area contributed by atoms with Gasteiger partial charge >= 0.3 is 5.97 Å². The Bertz CT molecular complexity index is 689. The van der Waals surface area contributed by atoms with Crippen molar-refractivity contribution in [3.63, 3.8) is 0 Å². The van der Waals surface area contributed by atoms with Gasteiger partial charge in [0.05, 0.1) is 13.2 Å². The lowest BCUT2D eigenvalue weighted by Gasteiger charge is -2.30. The second kappa shape index (κ2) is 6.24. The minimum atomic E-state index is -0.806. The molecule has 7 nitrogen and oxygen atoms in total. The molecule has 2 aliphatic heterocycles. The van der Waals surface area contributed by atoms with E-state index in [1.165, 1.54) is 16.9 Å². The summed E-state index contributed by atoms with van der Waals surface area (Å²) in [5.41, 5.74) is 1.48. The number of fused-ring (bicyclic) bond motifs is 1. The first kappa shape index (κ1) is 16.4. The van der Waals surface area contributed by atoms with Crippen LogP contribution in [0.5, 0.6) is 0 Å². The number of likely N-dealkylation sites (tertiary alicyclic amines) is 1. The number of β-amino-alcohol motifs (C(OH)–C–C–N with tert-alkyl or cyclic N) is 1. The second-order valence-corrected chi connectivity index (χ2v) is 6.19. The molecular weight excluding hydrogens is 312 g/mol. The third-order valence-electron chi connectivity index (χ3n) is 4.71. The summed E-state index contributed by atoms with van der Waals surface area (Å²) in [5.74, 6) is -1.10. The fraction of sp³-hybridized carbons (Fsp3) is 0.471. The number of esters is 1. The van der Waals surface area contributed by atoms with Crippen LogP contribution < -0.4 is 0 Å². The van der Waals surface area contributed by atoms with Gasteiger partial charge in [-0.05, 0) is 18.6 Å². The van der Waals surface area contributed by atoms with Crippen molar-refractivity contribution in [1.29, 1.82) is 0 Å². The maximum Gasteiger partial charge on any atom is 0.328 e. The van der Waals surface area contributed by atoms with Gasteiger partial charge < -0.3 is 19.6 Å². The van der Waals surface area contributed by atoms with Gasteiger partial charge in [0.1, 0.15) is 12.1 Å². The van der Waals surface area contributed by atoms with Crippen LogP contribution in [0, 0.1) is 0 Å². The van der Waals surface area contributed by atoms with Gasteiger partial charge in [0, 0.05) is 25.1 Å². The summed E-state index contributed by atoms with van der Waals surface area (Å²) in [6.45, 7) is 2.07. The zero-order valence-corrected chi connectivity index (χ0v) is 13.6. The highest BCUT2D eigenvalue weighted by molar-refractivity contribution is 6.01. The van der Waals surface area contributed by atoms with E-state index in [4.69, 9.17) is 4.74 Å². The molecular formula is C17H20N2O5. The number of benzene rings is 1. The van der Waals surface area contributed by atoms with Gasteiger partial charge in [-0.25, -0.2) is 4.79 Å². The van der Waals surface area contributed by atoms with Crippen LogP contribution in [0.3, 0.4) is 0 Å². The van der Waals surface area contributed by atoms with Crippen LogP contribution in [0.25, 0.3) is 0 Å². The molecule has 0 saturated carbocycles. The molecule has 0 aliphatic carbocycles. The Morgan fingerprint density at radius 3 is 2.71 bits per heavy atom. The summed E-state index contributed by atoms with van der Waals surface area (Å²) in [6.07, 6.45) is -0.615. The molecule has 2 heterocycles. The summed E-state index contributed by atoms with van der Waals surface area (Å²) in [6, 6.07) is 5.72. The molecule has 3 rings (SSSR count). The van der Waals surface area contributed by atoms with E-state index in [1.54, 1.807) is 19.1 Å². The molecule has 1 unspecified atom stereocenters. The normalized spacial score (nSPS) is 24.0. The number of hydrogen-bond donors (Lipinski definition) is 1. The van der Waals surface area contributed by atoms with Crippen LogP contribution in [0.2, 0.25) is 0 Å². The number of hydrogen-bond acceptors (Lipinski definition) is 5. The Balaban J connectivity index is 1.78. The standard InChI is InChI=1S/C17H20N2O5/c1-10(18-8-11-5-3-4-6-13(11)16(18)22)15(21)19-9-12(20)7-14(19)17(23)24-2/h3-6,10,12,14,20H,7-9H2,1-2H3/t10?,12-,14+/m1/s1. The third-order valence-corrected chi connectivity index (χ3v) is 4.71. The first-order chi connectivity index (χ1) is 11.4. The molecule has 1 aromatic carbocycles. The molecule has 1 saturated heterocycles. The number of nitrogens with zero attached hydrogens (tertiary/aromatic N) is 2. The van der Waals surface area contributed by atoms with Crippen molar-refractivity contribution in [2.24, 2.45) is 0 Å². The van der Waals surface area contributed by atoms with Crippen molar-refractivity contribution in [1.82, 2.24) is 9.80 Å². The summed E-state index contributed by atoms with van der Waals surface area (Å²) in [4.78, 5) is 40.0. The molecule has 0 aromatic heterocycles. The molecule has 128 valence electrons. The lowest BCUT2D eigenvalue weighted by Crippen LogP contribution is -2.51. The fourth-order valence-corrected chi connectivity index (χ4v) is 3.38. The maximum atomic E-state index is 12.8. The van der Waals surface area contributed by atoms with Crippen molar-refractivity contribution in [2.75, 3.05) is 13.7 Å². The quantitative estimate of drug-likeness (QED) is 0.797. The van der Waals surface area contributed by atoms with E-state index in [9.17, 15) is 19.5 Å². The Morgan fingerprint density at radius 1 is 1.33 bits per heavy atom. The van der Waals surface area contributed by atoms with E-state index < -0.39 is 24.2 Å². The summed E-state index contributed by atoms with van der Waals surface area (Å²) in [7, 11) is 1.25. The van der Waals surface area contributed by atoms with Gasteiger partial charge in [0.2, 0.25) is 5.91 Å². The number of amides is 2. The van der Waals surface area contributed by atoms with Crippen molar-refractivity contribution >= 4 is 17.8 Å². The van der Waals surface area contributed by atoms with Gasteiger partial charge in [0.15, 0.2) is 0 Å². The predicted molar refractivity (Wildman–Crippen MR) is 83.9 cm³/mol. The third kappa shape index (κ3) is 2.65. The van der Waals surface area contributed by atoms with Crippen molar-refractivity contribution in [2.45, 2.75) is 38.1 Å². The van der Waals surface area contributed by atoms with Crippen molar-refractivity contribution < 1.29 is 24.2 Å². The topological polar surface area (TPSA) is 87.2 Å². The van der Waals surface area contributed by atoms with Crippen LogP contribution in [-0.2, 0) is 20.9 Å². The van der Waals surface area contributed by atoms with E-state index in [1.807, 2.05) is 12.1 Å². The van der Waals surface area contributed by atoms with Gasteiger partial charge in [-0.3, -0.25) is 9.59 Å². The Kier molecular flexibility index (Phi) is 4.28. The highest BCUT2D eigenvalue weighted by Gasteiger charge is 2.43. The van der Waals surface area contributed by atoms with Gasteiger partial charge in [0.25, 0.3) is 5.91 Å². The van der Waals surface area contributed by atoms with E-state index in [0.717, 1.165) is 5.56 Å². The van der Waals surface area contributed by atoms with E-state index >= 15 is 0 Å². The zero-order valence-electron chi connectivity index (χ0n) is 13.6. The molecule has 0 spiro atoms. The average molecular weight is 332 g/mol. The van der Waals surface area contributed by atoms with Crippen LogP contribution in [0.15, 0.2) is 24.3 Å². The number of methoxy groups -OCH3 is 1. The first-order valence-electron chi connectivity index (χ1n) is 7.89. The number of aliphatic hydroxyl groups is 1. The molecule has 0 radical (unpaired) electrons. The van der Waals surface area contributed by atoms with Crippen LogP contribution in [-0.4, -0.2) is 64.5 Å². The molecule has 24 heavy (non-hydrogen) atoms. The Hall–Kier alpha value is -2.41.